The van der Waals surface area contributed by atoms with Gasteiger partial charge in [0.1, 0.15) is 0 Å². The number of nitrogens with two attached hydrogens (primary N) is 1. The van der Waals surface area contributed by atoms with Gasteiger partial charge in [-0.05, 0) is 49.9 Å². The zero-order valence-corrected chi connectivity index (χ0v) is 13.6. The topological polar surface area (TPSA) is 81.8 Å². The summed E-state index contributed by atoms with van der Waals surface area (Å²) in [5.74, 6) is 0.307. The number of hydrogen-bond acceptors (Lipinski definition) is 4. The van der Waals surface area contributed by atoms with Gasteiger partial charge < -0.3 is 20.3 Å². The predicted molar refractivity (Wildman–Crippen MR) is 87.2 cm³/mol. The van der Waals surface area contributed by atoms with Crippen LogP contribution in [0.4, 0.5) is 0 Å². The first-order chi connectivity index (χ1) is 10.1. The molecule has 0 amide bonds. The fraction of sp³-hybridized carbons (Fsp3) is 0.562. The third-order valence-electron chi connectivity index (χ3n) is 3.96. The summed E-state index contributed by atoms with van der Waals surface area (Å²) < 4.78 is 11.4. The van der Waals surface area contributed by atoms with E-state index in [0.717, 1.165) is 18.4 Å². The Bertz CT molecular complexity index is 489. The highest BCUT2D eigenvalue weighted by Gasteiger charge is 2.20. The first-order valence-corrected chi connectivity index (χ1v) is 7.40. The molecule has 0 aromatic heterocycles. The summed E-state index contributed by atoms with van der Waals surface area (Å²) in [4.78, 5) is 10.9. The number of carboxylic acid groups (broad SMARTS) is 1. The van der Waals surface area contributed by atoms with Crippen LogP contribution < -0.4 is 15.2 Å². The van der Waals surface area contributed by atoms with Crippen LogP contribution in [0.15, 0.2) is 18.2 Å². The van der Waals surface area contributed by atoms with E-state index < -0.39 is 5.97 Å². The van der Waals surface area contributed by atoms with E-state index >= 15 is 0 Å². The second kappa shape index (κ2) is 8.86. The summed E-state index contributed by atoms with van der Waals surface area (Å²) in [7, 11) is 1.61. The number of benzene rings is 1. The van der Waals surface area contributed by atoms with Crippen molar-refractivity contribution in [1.82, 2.24) is 0 Å². The van der Waals surface area contributed by atoms with E-state index in [-0.39, 0.29) is 30.8 Å². The molecular weight excluding hydrogens is 306 g/mol. The molecule has 1 aliphatic rings. The highest BCUT2D eigenvalue weighted by atomic mass is 35.5. The molecule has 1 saturated carbocycles. The minimum Gasteiger partial charge on any atom is -0.493 e. The number of halogens is 1. The molecule has 0 spiro atoms. The Hall–Kier alpha value is -1.46. The number of carbonyl (C=O) groups is 1. The highest BCUT2D eigenvalue weighted by molar-refractivity contribution is 5.85. The third-order valence-corrected chi connectivity index (χ3v) is 3.96. The Morgan fingerprint density at radius 3 is 2.59 bits per heavy atom. The second-order valence-electron chi connectivity index (χ2n) is 5.47. The van der Waals surface area contributed by atoms with Gasteiger partial charge in [0, 0.05) is 5.92 Å². The number of rotatable bonds is 7. The normalized spacial score (nSPS) is 15.9. The minimum absolute atomic E-state index is 0. The molecule has 1 aliphatic carbocycles. The fourth-order valence-corrected chi connectivity index (χ4v) is 2.77. The van der Waals surface area contributed by atoms with E-state index in [1.54, 1.807) is 7.11 Å². The van der Waals surface area contributed by atoms with Crippen molar-refractivity contribution in [3.05, 3.63) is 23.8 Å². The lowest BCUT2D eigenvalue weighted by Crippen LogP contribution is -2.17. The third kappa shape index (κ3) is 4.78. The number of carboxylic acids is 1. The van der Waals surface area contributed by atoms with Crippen molar-refractivity contribution < 1.29 is 19.4 Å². The summed E-state index contributed by atoms with van der Waals surface area (Å²) in [6, 6.07) is 5.56. The Balaban J connectivity index is 0.00000242. The summed E-state index contributed by atoms with van der Waals surface area (Å²) >= 11 is 0. The van der Waals surface area contributed by atoms with E-state index in [1.165, 1.54) is 12.8 Å². The quantitative estimate of drug-likeness (QED) is 0.803. The first kappa shape index (κ1) is 18.6. The van der Waals surface area contributed by atoms with Crippen LogP contribution in [-0.2, 0) is 4.79 Å². The van der Waals surface area contributed by atoms with Crippen LogP contribution in [0.5, 0.6) is 11.5 Å². The SMILES string of the molecule is COc1ccc(C(CN)CC(=O)O)cc1OC1CCCC1.Cl. The molecule has 124 valence electrons. The van der Waals surface area contributed by atoms with Gasteiger partial charge in [0.2, 0.25) is 0 Å². The number of ether oxygens (including phenoxy) is 2. The van der Waals surface area contributed by atoms with Crippen molar-refractivity contribution in [3.63, 3.8) is 0 Å². The summed E-state index contributed by atoms with van der Waals surface area (Å²) in [5, 5.41) is 8.96. The first-order valence-electron chi connectivity index (χ1n) is 7.40. The number of methoxy groups -OCH3 is 1. The van der Waals surface area contributed by atoms with Gasteiger partial charge in [-0.3, -0.25) is 4.79 Å². The second-order valence-corrected chi connectivity index (χ2v) is 5.47. The molecular formula is C16H24ClNO4. The zero-order valence-electron chi connectivity index (χ0n) is 12.8. The van der Waals surface area contributed by atoms with E-state index in [9.17, 15) is 4.79 Å². The Labute approximate surface area is 137 Å². The summed E-state index contributed by atoms with van der Waals surface area (Å²) in [6.45, 7) is 0.293. The molecule has 0 radical (unpaired) electrons. The maximum atomic E-state index is 10.9. The van der Waals surface area contributed by atoms with E-state index in [2.05, 4.69) is 0 Å². The van der Waals surface area contributed by atoms with Crippen LogP contribution >= 0.6 is 12.4 Å². The van der Waals surface area contributed by atoms with Crippen molar-refractivity contribution in [2.24, 2.45) is 5.73 Å². The Morgan fingerprint density at radius 1 is 1.36 bits per heavy atom. The Morgan fingerprint density at radius 2 is 2.05 bits per heavy atom. The summed E-state index contributed by atoms with van der Waals surface area (Å²) in [5.41, 5.74) is 6.58. The monoisotopic (exact) mass is 329 g/mol. The molecule has 1 aromatic rings. The van der Waals surface area contributed by atoms with Crippen molar-refractivity contribution in [2.45, 2.75) is 44.1 Å². The minimum atomic E-state index is -0.848. The van der Waals surface area contributed by atoms with Gasteiger partial charge in [-0.25, -0.2) is 0 Å². The lowest BCUT2D eigenvalue weighted by molar-refractivity contribution is -0.137. The van der Waals surface area contributed by atoms with Crippen molar-refractivity contribution in [3.8, 4) is 11.5 Å². The molecule has 0 saturated heterocycles. The average Bonchev–Trinajstić information content (AvgIpc) is 2.97. The van der Waals surface area contributed by atoms with Gasteiger partial charge in [-0.1, -0.05) is 6.07 Å². The maximum Gasteiger partial charge on any atom is 0.304 e. The molecule has 22 heavy (non-hydrogen) atoms. The van der Waals surface area contributed by atoms with Crippen LogP contribution in [0, 0.1) is 0 Å². The molecule has 1 aromatic carbocycles. The van der Waals surface area contributed by atoms with Gasteiger partial charge in [-0.15, -0.1) is 12.4 Å². The van der Waals surface area contributed by atoms with Gasteiger partial charge >= 0.3 is 5.97 Å². The Kier molecular flexibility index (Phi) is 7.48. The van der Waals surface area contributed by atoms with Crippen molar-refractivity contribution in [1.29, 1.82) is 0 Å². The van der Waals surface area contributed by atoms with E-state index in [0.29, 0.717) is 18.0 Å². The molecule has 3 N–H and O–H groups in total. The van der Waals surface area contributed by atoms with Crippen molar-refractivity contribution in [2.75, 3.05) is 13.7 Å². The smallest absolute Gasteiger partial charge is 0.304 e. The molecule has 0 aliphatic heterocycles. The molecule has 2 rings (SSSR count). The standard InChI is InChI=1S/C16H23NO4.ClH/c1-20-14-7-6-11(12(10-17)9-16(18)19)8-15(14)21-13-4-2-3-5-13;/h6-8,12-13H,2-5,9-10,17H2,1H3,(H,18,19);1H. The van der Waals surface area contributed by atoms with Crippen LogP contribution in [0.25, 0.3) is 0 Å². The largest absolute Gasteiger partial charge is 0.493 e. The predicted octanol–water partition coefficient (Wildman–Crippen LogP) is 2.96. The van der Waals surface area contributed by atoms with Crippen LogP contribution in [0.2, 0.25) is 0 Å². The lowest BCUT2D eigenvalue weighted by atomic mass is 9.95. The van der Waals surface area contributed by atoms with Crippen LogP contribution in [0.1, 0.15) is 43.6 Å². The highest BCUT2D eigenvalue weighted by Crippen LogP contribution is 2.34. The molecule has 1 fully saturated rings. The average molecular weight is 330 g/mol. The summed E-state index contributed by atoms with van der Waals surface area (Å²) in [6.07, 6.45) is 4.75. The van der Waals surface area contributed by atoms with Gasteiger partial charge in [0.15, 0.2) is 11.5 Å². The molecule has 6 heteroatoms. The van der Waals surface area contributed by atoms with E-state index in [4.69, 9.17) is 20.3 Å². The maximum absolute atomic E-state index is 10.9. The zero-order chi connectivity index (χ0) is 15.2. The van der Waals surface area contributed by atoms with Gasteiger partial charge in [0.25, 0.3) is 0 Å². The van der Waals surface area contributed by atoms with Crippen LogP contribution in [0.3, 0.4) is 0 Å². The van der Waals surface area contributed by atoms with Crippen molar-refractivity contribution >= 4 is 18.4 Å². The molecule has 0 bridgehead atoms. The molecule has 1 unspecified atom stereocenters. The lowest BCUT2D eigenvalue weighted by Gasteiger charge is -2.19. The number of aliphatic carboxylic acids is 1. The molecule has 1 atom stereocenters. The molecule has 0 heterocycles. The van der Waals surface area contributed by atoms with Gasteiger partial charge in [-0.2, -0.15) is 0 Å². The van der Waals surface area contributed by atoms with Crippen LogP contribution in [-0.4, -0.2) is 30.8 Å². The molecule has 5 nitrogen and oxygen atoms in total. The van der Waals surface area contributed by atoms with Gasteiger partial charge in [0.05, 0.1) is 19.6 Å². The van der Waals surface area contributed by atoms with E-state index in [1.807, 2.05) is 18.2 Å². The fourth-order valence-electron chi connectivity index (χ4n) is 2.77. The number of hydrogen-bond donors (Lipinski definition) is 2.